The molecule has 1 aliphatic rings. The van der Waals surface area contributed by atoms with Crippen LogP contribution in [0.5, 0.6) is 0 Å². The average molecular weight is 442 g/mol. The molecule has 3 aromatic rings. The number of aromatic nitrogens is 2. The summed E-state index contributed by atoms with van der Waals surface area (Å²) in [4.78, 5) is 35.9. The fourth-order valence-corrected chi connectivity index (χ4v) is 4.43. The molecule has 0 spiro atoms. The van der Waals surface area contributed by atoms with E-state index in [1.807, 2.05) is 37.3 Å². The number of para-hydroxylation sites is 1. The van der Waals surface area contributed by atoms with E-state index in [0.717, 1.165) is 54.3 Å². The minimum atomic E-state index is -0.781. The molecule has 1 fully saturated rings. The van der Waals surface area contributed by atoms with Crippen molar-refractivity contribution in [1.82, 2.24) is 20.6 Å². The first-order chi connectivity index (χ1) is 15.1. The predicted molar refractivity (Wildman–Crippen MR) is 122 cm³/mol. The van der Waals surface area contributed by atoms with Gasteiger partial charge in [0.2, 0.25) is 0 Å². The second-order valence-corrected chi connectivity index (χ2v) is 8.53. The van der Waals surface area contributed by atoms with Crippen LogP contribution in [0.25, 0.3) is 10.9 Å². The number of nitrogens with one attached hydrogen (secondary N) is 3. The first-order valence-electron chi connectivity index (χ1n) is 10.6. The molecule has 31 heavy (non-hydrogen) atoms. The highest BCUT2D eigenvalue weighted by molar-refractivity contribution is 7.17. The van der Waals surface area contributed by atoms with Crippen molar-refractivity contribution in [2.45, 2.75) is 25.8 Å². The maximum Gasteiger partial charge on any atom is 0.329 e. The molecule has 0 saturated carbocycles. The van der Waals surface area contributed by atoms with Crippen LogP contribution in [0.1, 0.15) is 28.7 Å². The lowest BCUT2D eigenvalue weighted by molar-refractivity contribution is -0.145. The van der Waals surface area contributed by atoms with Crippen molar-refractivity contribution in [3.8, 4) is 0 Å². The molecule has 1 unspecified atom stereocenters. The van der Waals surface area contributed by atoms with Crippen LogP contribution in [0, 0.1) is 0 Å². The largest absolute Gasteiger partial charge is 0.464 e. The topological polar surface area (TPSA) is 99.3 Å². The van der Waals surface area contributed by atoms with Crippen LogP contribution in [0.15, 0.2) is 36.5 Å². The van der Waals surface area contributed by atoms with Crippen LogP contribution in [0.2, 0.25) is 0 Å². The third kappa shape index (κ3) is 5.23. The third-order valence-electron chi connectivity index (χ3n) is 5.15. The van der Waals surface area contributed by atoms with Gasteiger partial charge in [0.05, 0.1) is 12.8 Å². The van der Waals surface area contributed by atoms with Crippen molar-refractivity contribution in [1.29, 1.82) is 0 Å². The predicted octanol–water partition coefficient (Wildman–Crippen LogP) is 2.33. The number of piperazine rings is 1. The Morgan fingerprint density at radius 1 is 1.29 bits per heavy atom. The van der Waals surface area contributed by atoms with Crippen molar-refractivity contribution < 1.29 is 14.3 Å². The molecule has 4 rings (SSSR count). The van der Waals surface area contributed by atoms with E-state index in [-0.39, 0.29) is 5.91 Å². The number of fused-ring (bicyclic) bond motifs is 1. The lowest BCUT2D eigenvalue weighted by Gasteiger charge is -2.26. The van der Waals surface area contributed by atoms with Crippen molar-refractivity contribution in [2.24, 2.45) is 0 Å². The van der Waals surface area contributed by atoms with Gasteiger partial charge in [0, 0.05) is 43.8 Å². The summed E-state index contributed by atoms with van der Waals surface area (Å²) in [6.45, 7) is 5.79. The fraction of sp³-hybridized carbons (Fsp3) is 0.409. The Morgan fingerprint density at radius 3 is 2.87 bits per heavy atom. The number of hydrogen-bond donors (Lipinski definition) is 3. The molecular formula is C22H27N5O3S. The van der Waals surface area contributed by atoms with Gasteiger partial charge in [-0.3, -0.25) is 4.79 Å². The summed E-state index contributed by atoms with van der Waals surface area (Å²) >= 11 is 1.34. The Morgan fingerprint density at radius 2 is 2.10 bits per heavy atom. The zero-order chi connectivity index (χ0) is 21.6. The number of hydrogen-bond acceptors (Lipinski definition) is 7. The zero-order valence-corrected chi connectivity index (χ0v) is 18.3. The standard InChI is InChI=1S/C22H27N5O3S/c1-2-11-30-21(29)18(13-16-12-15-5-3-4-6-17(15)25-16)26-20(28)19-14-24-22(31-19)27-9-7-23-8-10-27/h3-6,12,14,18,23,25H,2,7-11,13H2,1H3,(H,26,28). The Kier molecular flexibility index (Phi) is 6.83. The summed E-state index contributed by atoms with van der Waals surface area (Å²) in [7, 11) is 0. The molecule has 8 nitrogen and oxygen atoms in total. The molecule has 3 heterocycles. The molecule has 1 saturated heterocycles. The highest BCUT2D eigenvalue weighted by Gasteiger charge is 2.25. The van der Waals surface area contributed by atoms with Gasteiger partial charge < -0.3 is 25.3 Å². The molecule has 164 valence electrons. The van der Waals surface area contributed by atoms with Gasteiger partial charge in [-0.15, -0.1) is 0 Å². The number of thiazole rings is 1. The number of ether oxygens (including phenoxy) is 1. The number of carbonyl (C=O) groups excluding carboxylic acids is 2. The number of H-pyrrole nitrogens is 1. The highest BCUT2D eigenvalue weighted by atomic mass is 32.1. The van der Waals surface area contributed by atoms with Gasteiger partial charge in [0.1, 0.15) is 10.9 Å². The number of anilines is 1. The maximum atomic E-state index is 12.9. The van der Waals surface area contributed by atoms with Crippen LogP contribution in [-0.2, 0) is 16.0 Å². The van der Waals surface area contributed by atoms with E-state index in [1.54, 1.807) is 6.20 Å². The first kappa shape index (κ1) is 21.3. The number of nitrogens with zero attached hydrogens (tertiary/aromatic N) is 2. The Hall–Kier alpha value is -2.91. The van der Waals surface area contributed by atoms with Crippen molar-refractivity contribution >= 4 is 39.2 Å². The highest BCUT2D eigenvalue weighted by Crippen LogP contribution is 2.23. The fourth-order valence-electron chi connectivity index (χ4n) is 3.56. The van der Waals surface area contributed by atoms with E-state index in [0.29, 0.717) is 17.9 Å². The van der Waals surface area contributed by atoms with Crippen molar-refractivity contribution in [2.75, 3.05) is 37.7 Å². The smallest absolute Gasteiger partial charge is 0.329 e. The van der Waals surface area contributed by atoms with E-state index in [1.165, 1.54) is 11.3 Å². The third-order valence-corrected chi connectivity index (χ3v) is 6.21. The summed E-state index contributed by atoms with van der Waals surface area (Å²) in [6, 6.07) is 9.13. The van der Waals surface area contributed by atoms with Gasteiger partial charge in [-0.05, 0) is 23.9 Å². The van der Waals surface area contributed by atoms with Gasteiger partial charge in [0.15, 0.2) is 5.13 Å². The van der Waals surface area contributed by atoms with Crippen molar-refractivity contribution in [3.63, 3.8) is 0 Å². The Bertz CT molecular complexity index is 1010. The van der Waals surface area contributed by atoms with E-state index >= 15 is 0 Å². The number of rotatable bonds is 8. The number of aromatic amines is 1. The molecule has 9 heteroatoms. The second-order valence-electron chi connectivity index (χ2n) is 7.52. The quantitative estimate of drug-likeness (QED) is 0.464. The number of amides is 1. The number of carbonyl (C=O) groups is 2. The summed E-state index contributed by atoms with van der Waals surface area (Å²) in [5.74, 6) is -0.742. The average Bonchev–Trinajstić information content (AvgIpc) is 3.44. The van der Waals surface area contributed by atoms with Crippen LogP contribution >= 0.6 is 11.3 Å². The minimum absolute atomic E-state index is 0.312. The minimum Gasteiger partial charge on any atom is -0.464 e. The van der Waals surface area contributed by atoms with Crippen LogP contribution in [0.3, 0.4) is 0 Å². The van der Waals surface area contributed by atoms with E-state index in [4.69, 9.17) is 4.74 Å². The molecule has 2 aromatic heterocycles. The molecule has 3 N–H and O–H groups in total. The summed E-state index contributed by atoms with van der Waals surface area (Å²) in [6.07, 6.45) is 2.63. The molecule has 0 radical (unpaired) electrons. The van der Waals surface area contributed by atoms with Crippen molar-refractivity contribution in [3.05, 3.63) is 47.1 Å². The zero-order valence-electron chi connectivity index (χ0n) is 17.5. The van der Waals surface area contributed by atoms with Gasteiger partial charge in [0.25, 0.3) is 5.91 Å². The van der Waals surface area contributed by atoms with Gasteiger partial charge in [-0.25, -0.2) is 9.78 Å². The summed E-state index contributed by atoms with van der Waals surface area (Å²) in [5.41, 5.74) is 1.86. The number of benzene rings is 1. The van der Waals surface area contributed by atoms with Crippen LogP contribution in [0.4, 0.5) is 5.13 Å². The SMILES string of the molecule is CCCOC(=O)C(Cc1cc2ccccc2[nH]1)NC(=O)c1cnc(N2CCNCC2)s1. The van der Waals surface area contributed by atoms with E-state index in [2.05, 4.69) is 25.5 Å². The first-order valence-corrected chi connectivity index (χ1v) is 11.4. The lowest BCUT2D eigenvalue weighted by Crippen LogP contribution is -2.43. The van der Waals surface area contributed by atoms with E-state index in [9.17, 15) is 9.59 Å². The Balaban J connectivity index is 1.47. The molecule has 0 aliphatic carbocycles. The van der Waals surface area contributed by atoms with E-state index < -0.39 is 12.0 Å². The van der Waals surface area contributed by atoms with Gasteiger partial charge >= 0.3 is 5.97 Å². The molecular weight excluding hydrogens is 414 g/mol. The molecule has 0 bridgehead atoms. The van der Waals surface area contributed by atoms with Gasteiger partial charge in [-0.2, -0.15) is 0 Å². The molecule has 1 atom stereocenters. The summed E-state index contributed by atoms with van der Waals surface area (Å²) in [5, 5.41) is 8.05. The molecule has 1 aromatic carbocycles. The molecule has 1 aliphatic heterocycles. The Labute approximate surface area is 185 Å². The number of esters is 1. The normalized spacial score (nSPS) is 15.1. The lowest BCUT2D eigenvalue weighted by atomic mass is 10.1. The van der Waals surface area contributed by atoms with Crippen LogP contribution in [-0.4, -0.2) is 60.7 Å². The monoisotopic (exact) mass is 441 g/mol. The van der Waals surface area contributed by atoms with Crippen LogP contribution < -0.4 is 15.5 Å². The summed E-state index contributed by atoms with van der Waals surface area (Å²) < 4.78 is 5.34. The van der Waals surface area contributed by atoms with Gasteiger partial charge in [-0.1, -0.05) is 36.5 Å². The second kappa shape index (κ2) is 9.93. The maximum absolute atomic E-state index is 12.9. The molecule has 1 amide bonds.